The van der Waals surface area contributed by atoms with Crippen LogP contribution < -0.4 is 19.5 Å². The van der Waals surface area contributed by atoms with Crippen molar-refractivity contribution in [1.82, 2.24) is 4.72 Å². The van der Waals surface area contributed by atoms with Crippen LogP contribution in [-0.2, 0) is 14.8 Å². The van der Waals surface area contributed by atoms with Crippen LogP contribution in [0.3, 0.4) is 0 Å². The second-order valence-electron chi connectivity index (χ2n) is 6.71. The molecule has 0 fully saturated rings. The Bertz CT molecular complexity index is 939. The summed E-state index contributed by atoms with van der Waals surface area (Å²) in [5.41, 5.74) is 1.46. The van der Waals surface area contributed by atoms with Gasteiger partial charge in [0.25, 0.3) is 0 Å². The first-order valence-corrected chi connectivity index (χ1v) is 10.0. The van der Waals surface area contributed by atoms with Crippen molar-refractivity contribution in [2.24, 2.45) is 5.92 Å². The molecule has 0 aromatic heterocycles. The number of ether oxygens (including phenoxy) is 2. The number of rotatable bonds is 6. The molecule has 7 nitrogen and oxygen atoms in total. The monoisotopic (exact) mass is 390 g/mol. The van der Waals surface area contributed by atoms with Gasteiger partial charge in [-0.2, -0.15) is 4.72 Å². The Kier molecular flexibility index (Phi) is 5.38. The van der Waals surface area contributed by atoms with Crippen molar-refractivity contribution < 1.29 is 22.7 Å². The number of aryl methyl sites for hydroxylation is 1. The summed E-state index contributed by atoms with van der Waals surface area (Å²) >= 11 is 0. The molecule has 0 saturated heterocycles. The predicted octanol–water partition coefficient (Wildman–Crippen LogP) is 2.67. The minimum absolute atomic E-state index is 0.120. The van der Waals surface area contributed by atoms with Crippen molar-refractivity contribution in [3.8, 4) is 11.5 Å². The third-order valence-corrected chi connectivity index (χ3v) is 5.66. The molecule has 1 heterocycles. The molecule has 1 aliphatic rings. The summed E-state index contributed by atoms with van der Waals surface area (Å²) in [6.07, 6.45) is 0. The van der Waals surface area contributed by atoms with Crippen molar-refractivity contribution in [3.63, 3.8) is 0 Å². The van der Waals surface area contributed by atoms with Gasteiger partial charge in [-0.1, -0.05) is 31.5 Å². The first-order chi connectivity index (χ1) is 12.8. The third kappa shape index (κ3) is 4.40. The van der Waals surface area contributed by atoms with E-state index in [1.165, 1.54) is 12.1 Å². The lowest BCUT2D eigenvalue weighted by molar-refractivity contribution is -0.118. The summed E-state index contributed by atoms with van der Waals surface area (Å²) in [4.78, 5) is 12.8. The number of amides is 1. The minimum atomic E-state index is -3.82. The third-order valence-electron chi connectivity index (χ3n) is 4.20. The van der Waals surface area contributed by atoms with E-state index in [9.17, 15) is 13.2 Å². The van der Waals surface area contributed by atoms with Crippen LogP contribution in [0.5, 0.6) is 11.5 Å². The van der Waals surface area contributed by atoms with Crippen molar-refractivity contribution in [2.75, 3.05) is 12.1 Å². The zero-order valence-corrected chi connectivity index (χ0v) is 16.2. The van der Waals surface area contributed by atoms with E-state index in [1.54, 1.807) is 44.2 Å². The quantitative estimate of drug-likeness (QED) is 0.791. The molecule has 0 bridgehead atoms. The molecular weight excluding hydrogens is 368 g/mol. The van der Waals surface area contributed by atoms with Gasteiger partial charge in [0, 0.05) is 11.8 Å². The van der Waals surface area contributed by atoms with Gasteiger partial charge in [0.2, 0.25) is 22.7 Å². The Balaban J connectivity index is 1.76. The number of hydrogen-bond acceptors (Lipinski definition) is 5. The Morgan fingerprint density at radius 2 is 1.70 bits per heavy atom. The van der Waals surface area contributed by atoms with Crippen LogP contribution in [0, 0.1) is 12.8 Å². The summed E-state index contributed by atoms with van der Waals surface area (Å²) in [5.74, 6) is 0.446. The van der Waals surface area contributed by atoms with Crippen molar-refractivity contribution in [3.05, 3.63) is 48.0 Å². The largest absolute Gasteiger partial charge is 0.454 e. The fourth-order valence-corrected chi connectivity index (χ4v) is 3.98. The van der Waals surface area contributed by atoms with Crippen molar-refractivity contribution in [1.29, 1.82) is 0 Å². The molecule has 2 N–H and O–H groups in total. The van der Waals surface area contributed by atoms with Crippen molar-refractivity contribution >= 4 is 21.6 Å². The molecule has 27 heavy (non-hydrogen) atoms. The van der Waals surface area contributed by atoms with E-state index in [1.807, 2.05) is 6.92 Å². The molecule has 0 unspecified atom stereocenters. The lowest BCUT2D eigenvalue weighted by Gasteiger charge is -2.21. The Morgan fingerprint density at radius 3 is 2.37 bits per heavy atom. The molecule has 144 valence electrons. The summed E-state index contributed by atoms with van der Waals surface area (Å²) in [5, 5.41) is 2.73. The molecule has 0 aliphatic carbocycles. The van der Waals surface area contributed by atoms with E-state index >= 15 is 0 Å². The van der Waals surface area contributed by atoms with Crippen LogP contribution in [-0.4, -0.2) is 27.2 Å². The van der Waals surface area contributed by atoms with Gasteiger partial charge >= 0.3 is 0 Å². The van der Waals surface area contributed by atoms with Gasteiger partial charge < -0.3 is 14.8 Å². The maximum Gasteiger partial charge on any atom is 0.242 e. The van der Waals surface area contributed by atoms with E-state index < -0.39 is 22.0 Å². The van der Waals surface area contributed by atoms with E-state index in [2.05, 4.69) is 10.0 Å². The van der Waals surface area contributed by atoms with E-state index in [0.717, 1.165) is 5.56 Å². The molecule has 1 atom stereocenters. The topological polar surface area (TPSA) is 93.7 Å². The number of fused-ring (bicyclic) bond motifs is 1. The summed E-state index contributed by atoms with van der Waals surface area (Å²) in [6.45, 7) is 5.57. The number of anilines is 1. The lowest BCUT2D eigenvalue weighted by Crippen LogP contribution is -2.47. The van der Waals surface area contributed by atoms with Gasteiger partial charge in [-0.15, -0.1) is 0 Å². The van der Waals surface area contributed by atoms with Crippen LogP contribution in [0.2, 0.25) is 0 Å². The zero-order valence-electron chi connectivity index (χ0n) is 15.4. The first-order valence-electron chi connectivity index (χ1n) is 8.56. The highest BCUT2D eigenvalue weighted by Crippen LogP contribution is 2.34. The highest BCUT2D eigenvalue weighted by Gasteiger charge is 2.28. The average Bonchev–Trinajstić information content (AvgIpc) is 3.07. The van der Waals surface area contributed by atoms with E-state index in [4.69, 9.17) is 9.47 Å². The van der Waals surface area contributed by atoms with Crippen LogP contribution in [0.15, 0.2) is 47.4 Å². The minimum Gasteiger partial charge on any atom is -0.454 e. The summed E-state index contributed by atoms with van der Waals surface area (Å²) in [7, 11) is -3.82. The van der Waals surface area contributed by atoms with Gasteiger partial charge in [0.05, 0.1) is 4.90 Å². The van der Waals surface area contributed by atoms with Crippen LogP contribution in [0.25, 0.3) is 0 Å². The van der Waals surface area contributed by atoms with Crippen LogP contribution in [0.4, 0.5) is 5.69 Å². The molecular formula is C19H22N2O5S. The molecule has 1 amide bonds. The van der Waals surface area contributed by atoms with Gasteiger partial charge in [-0.3, -0.25) is 4.79 Å². The van der Waals surface area contributed by atoms with Crippen LogP contribution in [0.1, 0.15) is 19.4 Å². The van der Waals surface area contributed by atoms with Gasteiger partial charge in [0.15, 0.2) is 11.5 Å². The first kappa shape index (κ1) is 19.2. The average molecular weight is 390 g/mol. The molecule has 1 aliphatic heterocycles. The normalized spacial score (nSPS) is 14.2. The number of benzene rings is 2. The Labute approximate surface area is 158 Å². The molecule has 0 spiro atoms. The van der Waals surface area contributed by atoms with Gasteiger partial charge in [0.1, 0.15) is 6.04 Å². The van der Waals surface area contributed by atoms with Gasteiger partial charge in [-0.25, -0.2) is 8.42 Å². The maximum absolute atomic E-state index is 12.7. The fraction of sp³-hybridized carbons (Fsp3) is 0.316. The highest BCUT2D eigenvalue weighted by molar-refractivity contribution is 7.89. The summed E-state index contributed by atoms with van der Waals surface area (Å²) < 4.78 is 38.3. The van der Waals surface area contributed by atoms with Crippen LogP contribution >= 0.6 is 0 Å². The standard InChI is InChI=1S/C19H22N2O5S/c1-12(2)18(21-27(23,24)15-7-4-13(3)5-8-15)19(22)20-14-6-9-16-17(10-14)26-11-25-16/h4-10,12,18,21H,11H2,1-3H3,(H,20,22)/t18-/m0/s1. The van der Waals surface area contributed by atoms with E-state index in [-0.39, 0.29) is 17.6 Å². The second kappa shape index (κ2) is 7.58. The molecule has 8 heteroatoms. The maximum atomic E-state index is 12.7. The lowest BCUT2D eigenvalue weighted by atomic mass is 10.0. The number of carbonyl (C=O) groups is 1. The molecule has 3 rings (SSSR count). The smallest absolute Gasteiger partial charge is 0.242 e. The molecule has 2 aromatic rings. The zero-order chi connectivity index (χ0) is 19.6. The Morgan fingerprint density at radius 1 is 1.04 bits per heavy atom. The predicted molar refractivity (Wildman–Crippen MR) is 101 cm³/mol. The van der Waals surface area contributed by atoms with E-state index in [0.29, 0.717) is 17.2 Å². The number of carbonyl (C=O) groups excluding carboxylic acids is 1. The number of sulfonamides is 1. The number of nitrogens with one attached hydrogen (secondary N) is 2. The molecule has 2 aromatic carbocycles. The second-order valence-corrected chi connectivity index (χ2v) is 8.43. The summed E-state index contributed by atoms with van der Waals surface area (Å²) in [6, 6.07) is 10.6. The number of hydrogen-bond donors (Lipinski definition) is 2. The highest BCUT2D eigenvalue weighted by atomic mass is 32.2. The SMILES string of the molecule is Cc1ccc(S(=O)(=O)N[C@H](C(=O)Nc2ccc3c(c2)OCO3)C(C)C)cc1. The van der Waals surface area contributed by atoms with Gasteiger partial charge in [-0.05, 0) is 37.1 Å². The Hall–Kier alpha value is -2.58. The molecule has 0 radical (unpaired) electrons. The fourth-order valence-electron chi connectivity index (χ4n) is 2.64. The molecule has 0 saturated carbocycles. The van der Waals surface area contributed by atoms with Crippen molar-refractivity contribution in [2.45, 2.75) is 31.7 Å².